The summed E-state index contributed by atoms with van der Waals surface area (Å²) in [5.74, 6) is 0.246. The summed E-state index contributed by atoms with van der Waals surface area (Å²) in [6.45, 7) is 0. The van der Waals surface area contributed by atoms with Gasteiger partial charge in [-0.05, 0) is 18.2 Å². The molecular formula is C9H10N2O3S. The molecule has 6 heteroatoms. The maximum absolute atomic E-state index is 10.8. The van der Waals surface area contributed by atoms with Crippen molar-refractivity contribution in [2.24, 2.45) is 12.2 Å². The van der Waals surface area contributed by atoms with E-state index in [9.17, 15) is 8.42 Å². The lowest BCUT2D eigenvalue weighted by atomic mass is 10.2. The zero-order valence-corrected chi connectivity index (χ0v) is 8.86. The van der Waals surface area contributed by atoms with Gasteiger partial charge < -0.3 is 8.75 Å². The quantitative estimate of drug-likeness (QED) is 0.821. The van der Waals surface area contributed by atoms with E-state index in [0.717, 1.165) is 5.52 Å². The third kappa shape index (κ3) is 1.95. The Morgan fingerprint density at radius 1 is 1.33 bits per heavy atom. The Morgan fingerprint density at radius 2 is 2.07 bits per heavy atom. The van der Waals surface area contributed by atoms with Crippen molar-refractivity contribution in [3.8, 4) is 5.75 Å². The Hall–Kier alpha value is -1.53. The predicted octanol–water partition coefficient (Wildman–Crippen LogP) is 0.761. The zero-order valence-electron chi connectivity index (χ0n) is 8.04. The molecule has 2 N–H and O–H groups in total. The van der Waals surface area contributed by atoms with Gasteiger partial charge in [-0.2, -0.15) is 13.6 Å². The molecule has 1 heterocycles. The maximum atomic E-state index is 10.8. The summed E-state index contributed by atoms with van der Waals surface area (Å²) in [4.78, 5) is 0. The van der Waals surface area contributed by atoms with Crippen LogP contribution in [0.3, 0.4) is 0 Å². The summed E-state index contributed by atoms with van der Waals surface area (Å²) >= 11 is 0. The number of benzene rings is 1. The van der Waals surface area contributed by atoms with Gasteiger partial charge in [-0.15, -0.1) is 0 Å². The summed E-state index contributed by atoms with van der Waals surface area (Å²) in [6, 6.07) is 6.91. The lowest BCUT2D eigenvalue weighted by molar-refractivity contribution is 0.490. The second kappa shape index (κ2) is 3.25. The molecule has 5 nitrogen and oxygen atoms in total. The van der Waals surface area contributed by atoms with Crippen LogP contribution in [0.4, 0.5) is 0 Å². The van der Waals surface area contributed by atoms with E-state index in [1.165, 1.54) is 0 Å². The molecular weight excluding hydrogens is 216 g/mol. The zero-order chi connectivity index (χ0) is 11.1. The van der Waals surface area contributed by atoms with Crippen LogP contribution in [-0.4, -0.2) is 13.0 Å². The first-order valence-corrected chi connectivity index (χ1v) is 5.71. The Labute approximate surface area is 87.3 Å². The van der Waals surface area contributed by atoms with E-state index in [-0.39, 0.29) is 5.75 Å². The molecule has 1 aromatic heterocycles. The largest absolute Gasteiger partial charge is 0.380 e. The Bertz CT molecular complexity index is 601. The summed E-state index contributed by atoms with van der Waals surface area (Å²) < 4.78 is 28.1. The van der Waals surface area contributed by atoms with Gasteiger partial charge >= 0.3 is 10.3 Å². The molecule has 0 fully saturated rings. The monoisotopic (exact) mass is 226 g/mol. The van der Waals surface area contributed by atoms with E-state index in [0.29, 0.717) is 5.39 Å². The van der Waals surface area contributed by atoms with Gasteiger partial charge in [-0.3, -0.25) is 0 Å². The number of hydrogen-bond donors (Lipinski definition) is 1. The first-order valence-electron chi connectivity index (χ1n) is 4.23. The number of aryl methyl sites for hydroxylation is 1. The molecule has 1 aromatic carbocycles. The summed E-state index contributed by atoms with van der Waals surface area (Å²) in [5.41, 5.74) is 0.885. The van der Waals surface area contributed by atoms with Crippen LogP contribution in [0.25, 0.3) is 10.9 Å². The second-order valence-electron chi connectivity index (χ2n) is 3.19. The fourth-order valence-corrected chi connectivity index (χ4v) is 1.87. The molecule has 2 aromatic rings. The van der Waals surface area contributed by atoms with Crippen molar-refractivity contribution in [1.82, 2.24) is 4.57 Å². The van der Waals surface area contributed by atoms with Crippen LogP contribution < -0.4 is 9.32 Å². The molecule has 0 aliphatic rings. The highest BCUT2D eigenvalue weighted by molar-refractivity contribution is 7.84. The Morgan fingerprint density at radius 3 is 2.73 bits per heavy atom. The van der Waals surface area contributed by atoms with Gasteiger partial charge in [0.15, 0.2) is 5.75 Å². The molecule has 0 unspecified atom stereocenters. The standard InChI is InChI=1S/C9H10N2O3S/c1-11-6-5-7-8(11)3-2-4-9(7)14-15(10,12)13/h2-6H,1H3,(H2,10,12,13). The van der Waals surface area contributed by atoms with E-state index < -0.39 is 10.3 Å². The van der Waals surface area contributed by atoms with E-state index in [2.05, 4.69) is 4.18 Å². The lowest BCUT2D eigenvalue weighted by Crippen LogP contribution is -2.19. The molecule has 0 spiro atoms. The highest BCUT2D eigenvalue weighted by atomic mass is 32.2. The number of hydrogen-bond acceptors (Lipinski definition) is 3. The number of aromatic nitrogens is 1. The van der Waals surface area contributed by atoms with Gasteiger partial charge in [0.25, 0.3) is 0 Å². The molecule has 80 valence electrons. The van der Waals surface area contributed by atoms with Gasteiger partial charge in [-0.25, -0.2) is 0 Å². The molecule has 0 amide bonds. The van der Waals surface area contributed by atoms with Crippen molar-refractivity contribution in [1.29, 1.82) is 0 Å². The average Bonchev–Trinajstić information content (AvgIpc) is 2.47. The third-order valence-electron chi connectivity index (χ3n) is 2.09. The van der Waals surface area contributed by atoms with Crippen LogP contribution in [0.15, 0.2) is 30.5 Å². The maximum Gasteiger partial charge on any atom is 0.380 e. The number of nitrogens with zero attached hydrogens (tertiary/aromatic N) is 1. The van der Waals surface area contributed by atoms with Crippen molar-refractivity contribution >= 4 is 21.2 Å². The highest BCUT2D eigenvalue weighted by Gasteiger charge is 2.09. The molecule has 15 heavy (non-hydrogen) atoms. The van der Waals surface area contributed by atoms with Gasteiger partial charge in [-0.1, -0.05) is 6.07 Å². The third-order valence-corrected chi connectivity index (χ3v) is 2.51. The predicted molar refractivity (Wildman–Crippen MR) is 56.7 cm³/mol. The molecule has 0 bridgehead atoms. The van der Waals surface area contributed by atoms with Crippen LogP contribution in [0, 0.1) is 0 Å². The van der Waals surface area contributed by atoms with Gasteiger partial charge in [0.1, 0.15) is 0 Å². The van der Waals surface area contributed by atoms with E-state index in [1.807, 2.05) is 23.9 Å². The minimum atomic E-state index is -3.97. The average molecular weight is 226 g/mol. The van der Waals surface area contributed by atoms with Crippen LogP contribution >= 0.6 is 0 Å². The highest BCUT2D eigenvalue weighted by Crippen LogP contribution is 2.26. The fourth-order valence-electron chi connectivity index (χ4n) is 1.47. The SMILES string of the molecule is Cn1ccc2c(OS(N)(=O)=O)cccc21. The number of fused-ring (bicyclic) bond motifs is 1. The Kier molecular flexibility index (Phi) is 2.17. The Balaban J connectivity index is 2.62. The lowest BCUT2D eigenvalue weighted by Gasteiger charge is -2.04. The molecule has 0 saturated carbocycles. The van der Waals surface area contributed by atoms with Crippen LogP contribution in [0.2, 0.25) is 0 Å². The van der Waals surface area contributed by atoms with Crippen LogP contribution in [0.5, 0.6) is 5.75 Å². The van der Waals surface area contributed by atoms with Crippen molar-refractivity contribution in [2.45, 2.75) is 0 Å². The first kappa shape index (κ1) is 10.0. The normalized spacial score (nSPS) is 11.9. The van der Waals surface area contributed by atoms with Crippen molar-refractivity contribution < 1.29 is 12.6 Å². The molecule has 0 saturated heterocycles. The van der Waals surface area contributed by atoms with Crippen molar-refractivity contribution in [3.63, 3.8) is 0 Å². The second-order valence-corrected chi connectivity index (χ2v) is 4.34. The number of nitrogens with two attached hydrogens (primary N) is 1. The topological polar surface area (TPSA) is 74.3 Å². The number of rotatable bonds is 2. The van der Waals surface area contributed by atoms with Crippen LogP contribution in [-0.2, 0) is 17.4 Å². The van der Waals surface area contributed by atoms with E-state index >= 15 is 0 Å². The molecule has 2 rings (SSSR count). The molecule has 0 radical (unpaired) electrons. The summed E-state index contributed by atoms with van der Waals surface area (Å²) in [5, 5.41) is 5.53. The summed E-state index contributed by atoms with van der Waals surface area (Å²) in [7, 11) is -2.10. The van der Waals surface area contributed by atoms with Crippen molar-refractivity contribution in [3.05, 3.63) is 30.5 Å². The van der Waals surface area contributed by atoms with Crippen molar-refractivity contribution in [2.75, 3.05) is 0 Å². The van der Waals surface area contributed by atoms with Gasteiger partial charge in [0.05, 0.1) is 5.52 Å². The van der Waals surface area contributed by atoms with E-state index in [1.54, 1.807) is 18.2 Å². The summed E-state index contributed by atoms with van der Waals surface area (Å²) in [6.07, 6.45) is 1.82. The first-order chi connectivity index (χ1) is 6.97. The van der Waals surface area contributed by atoms with Crippen LogP contribution in [0.1, 0.15) is 0 Å². The molecule has 0 aliphatic carbocycles. The minimum Gasteiger partial charge on any atom is -0.370 e. The van der Waals surface area contributed by atoms with Gasteiger partial charge in [0, 0.05) is 18.6 Å². The molecule has 0 atom stereocenters. The van der Waals surface area contributed by atoms with E-state index in [4.69, 9.17) is 5.14 Å². The minimum absolute atomic E-state index is 0.246. The fraction of sp³-hybridized carbons (Fsp3) is 0.111. The van der Waals surface area contributed by atoms with Gasteiger partial charge in [0.2, 0.25) is 0 Å². The molecule has 0 aliphatic heterocycles. The smallest absolute Gasteiger partial charge is 0.370 e.